The van der Waals surface area contributed by atoms with Crippen molar-refractivity contribution in [3.63, 3.8) is 0 Å². The second-order valence-electron chi connectivity index (χ2n) is 5.31. The Morgan fingerprint density at radius 3 is 3.10 bits per heavy atom. The number of amides is 2. The van der Waals surface area contributed by atoms with Gasteiger partial charge in [0.2, 0.25) is 5.91 Å². The largest absolute Gasteiger partial charge is 0.442 e. The van der Waals surface area contributed by atoms with Gasteiger partial charge in [0, 0.05) is 12.6 Å². The Kier molecular flexibility index (Phi) is 3.79. The summed E-state index contributed by atoms with van der Waals surface area (Å²) in [6.07, 6.45) is 0.194. The van der Waals surface area contributed by atoms with Crippen molar-refractivity contribution in [1.29, 1.82) is 0 Å². The number of benzene rings is 1. The molecule has 21 heavy (non-hydrogen) atoms. The van der Waals surface area contributed by atoms with Gasteiger partial charge in [-0.05, 0) is 29.7 Å². The van der Waals surface area contributed by atoms with Crippen LogP contribution in [0.1, 0.15) is 18.1 Å². The van der Waals surface area contributed by atoms with Gasteiger partial charge in [-0.15, -0.1) is 0 Å². The predicted octanol–water partition coefficient (Wildman–Crippen LogP) is 1.22. The summed E-state index contributed by atoms with van der Waals surface area (Å²) in [5.74, 6) is -0.127. The van der Waals surface area contributed by atoms with E-state index in [4.69, 9.17) is 9.47 Å². The molecular weight excluding hydrogens is 272 g/mol. The minimum absolute atomic E-state index is 0.127. The first-order valence-electron chi connectivity index (χ1n) is 7.05. The van der Waals surface area contributed by atoms with E-state index in [0.717, 1.165) is 12.1 Å². The number of ether oxygens (including phenoxy) is 2. The summed E-state index contributed by atoms with van der Waals surface area (Å²) in [5.41, 5.74) is 3.23. The molecule has 0 spiro atoms. The number of carbonyl (C=O) groups excluding carboxylic acids is 2. The number of nitrogens with one attached hydrogen (secondary N) is 1. The van der Waals surface area contributed by atoms with Crippen molar-refractivity contribution < 1.29 is 19.1 Å². The zero-order chi connectivity index (χ0) is 14.8. The Balaban J connectivity index is 1.72. The van der Waals surface area contributed by atoms with Crippen molar-refractivity contribution in [3.8, 4) is 0 Å². The van der Waals surface area contributed by atoms with Crippen LogP contribution < -0.4 is 10.2 Å². The molecule has 0 radical (unpaired) electrons. The molecule has 1 atom stereocenters. The van der Waals surface area contributed by atoms with E-state index in [-0.39, 0.29) is 18.1 Å². The van der Waals surface area contributed by atoms with Gasteiger partial charge in [-0.3, -0.25) is 9.69 Å². The maximum Gasteiger partial charge on any atom is 0.414 e. The molecule has 3 rings (SSSR count). The van der Waals surface area contributed by atoms with E-state index in [9.17, 15) is 9.59 Å². The van der Waals surface area contributed by atoms with E-state index in [1.165, 1.54) is 18.1 Å². The minimum atomic E-state index is -0.364. The Bertz CT molecular complexity index is 573. The SMILES string of the molecule is CC(=O)NC[C@H]1CN(c2ccc3c(c2)CCOC3)C(=O)O1. The molecule has 112 valence electrons. The molecule has 0 bridgehead atoms. The van der Waals surface area contributed by atoms with Crippen LogP contribution >= 0.6 is 0 Å². The van der Waals surface area contributed by atoms with Crippen molar-refractivity contribution >= 4 is 17.7 Å². The topological polar surface area (TPSA) is 67.9 Å². The van der Waals surface area contributed by atoms with E-state index in [1.54, 1.807) is 4.90 Å². The number of nitrogens with zero attached hydrogens (tertiary/aromatic N) is 1. The molecule has 2 amide bonds. The van der Waals surface area contributed by atoms with Crippen LogP contribution in [0.3, 0.4) is 0 Å². The standard InChI is InChI=1S/C15H18N2O4/c1-10(18)16-7-14-8-17(15(19)21-14)13-3-2-12-9-20-5-4-11(12)6-13/h2-3,6,14H,4-5,7-9H2,1H3,(H,16,18)/t14-/m0/s1. The maximum atomic E-state index is 12.0. The molecule has 2 aliphatic heterocycles. The zero-order valence-electron chi connectivity index (χ0n) is 11.9. The van der Waals surface area contributed by atoms with Crippen LogP contribution in [0.15, 0.2) is 18.2 Å². The van der Waals surface area contributed by atoms with Crippen LogP contribution in [0, 0.1) is 0 Å². The van der Waals surface area contributed by atoms with Crippen LogP contribution in [0.5, 0.6) is 0 Å². The molecule has 6 heteroatoms. The third-order valence-electron chi connectivity index (χ3n) is 3.73. The molecule has 1 aromatic carbocycles. The molecule has 1 aromatic rings. The molecule has 0 aromatic heterocycles. The lowest BCUT2D eigenvalue weighted by molar-refractivity contribution is -0.119. The van der Waals surface area contributed by atoms with Crippen LogP contribution in [-0.4, -0.2) is 37.8 Å². The van der Waals surface area contributed by atoms with Crippen molar-refractivity contribution in [3.05, 3.63) is 29.3 Å². The third kappa shape index (κ3) is 3.00. The molecule has 0 unspecified atom stereocenters. The van der Waals surface area contributed by atoms with Gasteiger partial charge in [-0.1, -0.05) is 6.07 Å². The molecular formula is C15H18N2O4. The highest BCUT2D eigenvalue weighted by molar-refractivity contribution is 5.90. The normalized spacial score (nSPS) is 20.9. The summed E-state index contributed by atoms with van der Waals surface area (Å²) >= 11 is 0. The molecule has 1 N–H and O–H groups in total. The van der Waals surface area contributed by atoms with Gasteiger partial charge < -0.3 is 14.8 Å². The highest BCUT2D eigenvalue weighted by Crippen LogP contribution is 2.26. The summed E-state index contributed by atoms with van der Waals surface area (Å²) in [7, 11) is 0. The number of anilines is 1. The quantitative estimate of drug-likeness (QED) is 0.909. The monoisotopic (exact) mass is 290 g/mol. The molecule has 2 aliphatic rings. The van der Waals surface area contributed by atoms with Crippen molar-refractivity contribution in [2.24, 2.45) is 0 Å². The number of rotatable bonds is 3. The van der Waals surface area contributed by atoms with Gasteiger partial charge in [-0.2, -0.15) is 0 Å². The second-order valence-corrected chi connectivity index (χ2v) is 5.31. The Hall–Kier alpha value is -2.08. The lowest BCUT2D eigenvalue weighted by Crippen LogP contribution is -2.33. The Labute approximate surface area is 123 Å². The van der Waals surface area contributed by atoms with Crippen molar-refractivity contribution in [2.45, 2.75) is 26.1 Å². The smallest absolute Gasteiger partial charge is 0.414 e. The fraction of sp³-hybridized carbons (Fsp3) is 0.467. The number of hydrogen-bond acceptors (Lipinski definition) is 4. The molecule has 0 aliphatic carbocycles. The van der Waals surface area contributed by atoms with Gasteiger partial charge in [0.15, 0.2) is 0 Å². The van der Waals surface area contributed by atoms with Gasteiger partial charge in [-0.25, -0.2) is 4.79 Å². The fourth-order valence-corrected chi connectivity index (χ4v) is 2.61. The lowest BCUT2D eigenvalue weighted by atomic mass is 10.0. The molecule has 6 nitrogen and oxygen atoms in total. The predicted molar refractivity (Wildman–Crippen MR) is 76.1 cm³/mol. The highest BCUT2D eigenvalue weighted by atomic mass is 16.6. The van der Waals surface area contributed by atoms with Gasteiger partial charge in [0.25, 0.3) is 0 Å². The van der Waals surface area contributed by atoms with Crippen LogP contribution in [0.4, 0.5) is 10.5 Å². The lowest BCUT2D eigenvalue weighted by Gasteiger charge is -2.20. The van der Waals surface area contributed by atoms with Gasteiger partial charge >= 0.3 is 6.09 Å². The first kappa shape index (κ1) is 13.9. The van der Waals surface area contributed by atoms with Crippen molar-refractivity contribution in [2.75, 3.05) is 24.6 Å². The fourth-order valence-electron chi connectivity index (χ4n) is 2.61. The molecule has 2 heterocycles. The van der Waals surface area contributed by atoms with E-state index in [1.807, 2.05) is 18.2 Å². The first-order valence-corrected chi connectivity index (χ1v) is 7.05. The third-order valence-corrected chi connectivity index (χ3v) is 3.73. The molecule has 1 saturated heterocycles. The summed E-state index contributed by atoms with van der Waals surface area (Å²) < 4.78 is 10.7. The average molecular weight is 290 g/mol. The van der Waals surface area contributed by atoms with Gasteiger partial charge in [0.1, 0.15) is 6.10 Å². The van der Waals surface area contributed by atoms with E-state index < -0.39 is 0 Å². The number of cyclic esters (lactones) is 1. The highest BCUT2D eigenvalue weighted by Gasteiger charge is 2.32. The van der Waals surface area contributed by atoms with E-state index >= 15 is 0 Å². The van der Waals surface area contributed by atoms with Crippen LogP contribution in [-0.2, 0) is 27.3 Å². The second kappa shape index (κ2) is 5.73. The Morgan fingerprint density at radius 1 is 1.43 bits per heavy atom. The van der Waals surface area contributed by atoms with Gasteiger partial charge in [0.05, 0.1) is 26.3 Å². The summed E-state index contributed by atoms with van der Waals surface area (Å²) in [6.45, 7) is 3.59. The zero-order valence-corrected chi connectivity index (χ0v) is 11.9. The Morgan fingerprint density at radius 2 is 2.29 bits per heavy atom. The van der Waals surface area contributed by atoms with E-state index in [0.29, 0.717) is 26.3 Å². The molecule has 0 saturated carbocycles. The van der Waals surface area contributed by atoms with Crippen molar-refractivity contribution in [1.82, 2.24) is 5.32 Å². The number of carbonyl (C=O) groups is 2. The molecule has 1 fully saturated rings. The minimum Gasteiger partial charge on any atom is -0.442 e. The number of hydrogen-bond donors (Lipinski definition) is 1. The average Bonchev–Trinajstić information content (AvgIpc) is 2.86. The van der Waals surface area contributed by atoms with E-state index in [2.05, 4.69) is 5.32 Å². The van der Waals surface area contributed by atoms with Crippen LogP contribution in [0.25, 0.3) is 0 Å². The first-order chi connectivity index (χ1) is 10.1. The maximum absolute atomic E-state index is 12.0. The summed E-state index contributed by atoms with van der Waals surface area (Å²) in [5, 5.41) is 2.67. The summed E-state index contributed by atoms with van der Waals surface area (Å²) in [6, 6.07) is 5.94. The van der Waals surface area contributed by atoms with Crippen LogP contribution in [0.2, 0.25) is 0 Å². The summed E-state index contributed by atoms with van der Waals surface area (Å²) in [4.78, 5) is 24.5. The number of fused-ring (bicyclic) bond motifs is 1.